The third-order valence-electron chi connectivity index (χ3n) is 8.93. The number of carbonyl (C=O) groups is 4. The molecule has 9 heteroatoms. The second-order valence-corrected chi connectivity index (χ2v) is 14.0. The number of hydrogen-bond donors (Lipinski definition) is 1. The smallest absolute Gasteiger partial charge is 0.320 e. The summed E-state index contributed by atoms with van der Waals surface area (Å²) >= 11 is 0. The number of aliphatic carboxylic acids is 1. The van der Waals surface area contributed by atoms with Gasteiger partial charge in [-0.3, -0.25) is 24.1 Å². The molecule has 0 atom stereocenters. The van der Waals surface area contributed by atoms with Gasteiger partial charge in [-0.15, -0.1) is 0 Å². The van der Waals surface area contributed by atoms with Crippen LogP contribution in [0.15, 0.2) is 0 Å². The molecule has 0 fully saturated rings. The van der Waals surface area contributed by atoms with Crippen LogP contribution in [0.1, 0.15) is 194 Å². The number of ether oxygens (including phenoxy) is 3. The van der Waals surface area contributed by atoms with Gasteiger partial charge in [0.25, 0.3) is 0 Å². The van der Waals surface area contributed by atoms with Gasteiger partial charge < -0.3 is 19.3 Å². The minimum Gasteiger partial charge on any atom is -0.480 e. The van der Waals surface area contributed by atoms with Crippen molar-refractivity contribution in [2.75, 3.05) is 33.4 Å². The van der Waals surface area contributed by atoms with Gasteiger partial charge in [0.05, 0.1) is 13.1 Å². The summed E-state index contributed by atoms with van der Waals surface area (Å²) < 4.78 is 16.2. The minimum absolute atomic E-state index is 0.211. The van der Waals surface area contributed by atoms with Crippen LogP contribution in [0.2, 0.25) is 0 Å². The lowest BCUT2D eigenvalue weighted by molar-refractivity contribution is -0.167. The highest BCUT2D eigenvalue weighted by molar-refractivity contribution is 5.74. The van der Waals surface area contributed by atoms with Crippen LogP contribution in [0, 0.1) is 0 Å². The zero-order chi connectivity index (χ0) is 36.2. The summed E-state index contributed by atoms with van der Waals surface area (Å²) in [4.78, 5) is 49.4. The molecule has 0 radical (unpaired) electrons. The van der Waals surface area contributed by atoms with E-state index in [-0.39, 0.29) is 38.2 Å². The molecular formula is C40H75NO8. The van der Waals surface area contributed by atoms with Crippen LogP contribution in [0.5, 0.6) is 0 Å². The van der Waals surface area contributed by atoms with Gasteiger partial charge in [0.15, 0.2) is 6.10 Å². The molecule has 0 rings (SSSR count). The lowest BCUT2D eigenvalue weighted by Crippen LogP contribution is -2.36. The molecule has 0 aromatic heterocycles. The Labute approximate surface area is 300 Å². The molecule has 0 bridgehead atoms. The second kappa shape index (κ2) is 35.7. The van der Waals surface area contributed by atoms with Crippen molar-refractivity contribution in [3.05, 3.63) is 0 Å². The lowest BCUT2D eigenvalue weighted by atomic mass is 10.0. The first-order valence-corrected chi connectivity index (χ1v) is 20.2. The maximum atomic E-state index is 12.4. The van der Waals surface area contributed by atoms with E-state index in [0.717, 1.165) is 38.5 Å². The Kier molecular flexibility index (Phi) is 34.1. The first-order valence-electron chi connectivity index (χ1n) is 20.2. The summed E-state index contributed by atoms with van der Waals surface area (Å²) in [5.74, 6) is -2.47. The summed E-state index contributed by atoms with van der Waals surface area (Å²) in [6.07, 6.45) is 31.4. The minimum atomic E-state index is -1.06. The molecular weight excluding hydrogens is 622 g/mol. The van der Waals surface area contributed by atoms with Crippen LogP contribution >= 0.6 is 0 Å². The van der Waals surface area contributed by atoms with E-state index < -0.39 is 18.0 Å². The average Bonchev–Trinajstić information content (AvgIpc) is 3.06. The van der Waals surface area contributed by atoms with Gasteiger partial charge in [0.2, 0.25) is 0 Å². The molecule has 0 aliphatic heterocycles. The Hall–Kier alpha value is -2.16. The van der Waals surface area contributed by atoms with Crippen molar-refractivity contribution in [2.24, 2.45) is 0 Å². The van der Waals surface area contributed by atoms with Gasteiger partial charge in [0.1, 0.15) is 13.2 Å². The van der Waals surface area contributed by atoms with Crippen molar-refractivity contribution in [3.8, 4) is 0 Å². The van der Waals surface area contributed by atoms with Crippen molar-refractivity contribution < 1.29 is 38.5 Å². The quantitative estimate of drug-likeness (QED) is 0.0384. The number of esters is 3. The molecule has 0 aromatic rings. The van der Waals surface area contributed by atoms with Crippen LogP contribution in [-0.2, 0) is 33.4 Å². The topological polar surface area (TPSA) is 119 Å². The summed E-state index contributed by atoms with van der Waals surface area (Å²) in [7, 11) is 1.50. The molecule has 1 N–H and O–H groups in total. The second-order valence-electron chi connectivity index (χ2n) is 14.0. The molecule has 0 amide bonds. The number of likely N-dealkylation sites (N-methyl/N-ethyl adjacent to an activating group) is 1. The number of carboxylic acid groups (broad SMARTS) is 1. The summed E-state index contributed by atoms with van der Waals surface area (Å²) in [5, 5.41) is 8.95. The van der Waals surface area contributed by atoms with E-state index in [1.807, 2.05) is 0 Å². The molecule has 288 valence electrons. The Morgan fingerprint density at radius 1 is 0.469 bits per heavy atom. The normalized spacial score (nSPS) is 11.3. The van der Waals surface area contributed by atoms with Crippen molar-refractivity contribution in [3.63, 3.8) is 0 Å². The summed E-state index contributed by atoms with van der Waals surface area (Å²) in [5.41, 5.74) is 0. The van der Waals surface area contributed by atoms with E-state index in [1.165, 1.54) is 140 Å². The third kappa shape index (κ3) is 35.5. The van der Waals surface area contributed by atoms with E-state index in [2.05, 4.69) is 13.8 Å². The molecule has 0 unspecified atom stereocenters. The van der Waals surface area contributed by atoms with Crippen molar-refractivity contribution in [1.82, 2.24) is 4.90 Å². The molecule has 0 aliphatic carbocycles. The van der Waals surface area contributed by atoms with Gasteiger partial charge in [0, 0.05) is 12.8 Å². The number of unbranched alkanes of at least 4 members (excludes halogenated alkanes) is 24. The number of carbonyl (C=O) groups excluding carboxylic acids is 3. The Bertz CT molecular complexity index is 759. The van der Waals surface area contributed by atoms with Crippen LogP contribution in [0.25, 0.3) is 0 Å². The lowest BCUT2D eigenvalue weighted by Gasteiger charge is -2.20. The fraction of sp³-hybridized carbons (Fsp3) is 0.900. The first-order chi connectivity index (χ1) is 23.8. The third-order valence-corrected chi connectivity index (χ3v) is 8.93. The molecule has 0 saturated heterocycles. The molecule has 0 spiro atoms. The largest absolute Gasteiger partial charge is 0.480 e. The van der Waals surface area contributed by atoms with Gasteiger partial charge in [-0.05, 0) is 19.9 Å². The van der Waals surface area contributed by atoms with Crippen molar-refractivity contribution >= 4 is 23.9 Å². The fourth-order valence-electron chi connectivity index (χ4n) is 5.94. The van der Waals surface area contributed by atoms with Gasteiger partial charge >= 0.3 is 23.9 Å². The monoisotopic (exact) mass is 698 g/mol. The Morgan fingerprint density at radius 3 is 1.08 bits per heavy atom. The van der Waals surface area contributed by atoms with E-state index in [1.54, 1.807) is 0 Å². The maximum absolute atomic E-state index is 12.4. The molecule has 0 aliphatic rings. The first kappa shape index (κ1) is 46.8. The molecule has 9 nitrogen and oxygen atoms in total. The number of rotatable bonds is 37. The number of nitrogens with zero attached hydrogens (tertiary/aromatic N) is 1. The van der Waals surface area contributed by atoms with Crippen LogP contribution in [0.4, 0.5) is 0 Å². The molecule has 0 aromatic carbocycles. The molecule has 0 heterocycles. The zero-order valence-corrected chi connectivity index (χ0v) is 32.0. The Balaban J connectivity index is 4.23. The van der Waals surface area contributed by atoms with E-state index in [9.17, 15) is 19.2 Å². The van der Waals surface area contributed by atoms with Gasteiger partial charge in [-0.25, -0.2) is 0 Å². The van der Waals surface area contributed by atoms with E-state index in [0.29, 0.717) is 12.8 Å². The van der Waals surface area contributed by atoms with Crippen LogP contribution in [-0.4, -0.2) is 73.3 Å². The maximum Gasteiger partial charge on any atom is 0.320 e. The molecule has 0 saturated carbocycles. The predicted molar refractivity (Wildman–Crippen MR) is 198 cm³/mol. The zero-order valence-electron chi connectivity index (χ0n) is 32.0. The average molecular weight is 698 g/mol. The van der Waals surface area contributed by atoms with Gasteiger partial charge in [-0.2, -0.15) is 0 Å². The van der Waals surface area contributed by atoms with Crippen LogP contribution in [0.3, 0.4) is 0 Å². The SMILES string of the molecule is CCCCCCCCCCCCCCCC(=O)OCC(COC(=O)CCCCCCCCCCCCCCC)OC(=O)CN(C)CC(=O)O. The Morgan fingerprint density at radius 2 is 0.776 bits per heavy atom. The van der Waals surface area contributed by atoms with E-state index in [4.69, 9.17) is 19.3 Å². The fourth-order valence-corrected chi connectivity index (χ4v) is 5.94. The van der Waals surface area contributed by atoms with Crippen molar-refractivity contribution in [2.45, 2.75) is 200 Å². The highest BCUT2D eigenvalue weighted by Crippen LogP contribution is 2.15. The highest BCUT2D eigenvalue weighted by Gasteiger charge is 2.21. The highest BCUT2D eigenvalue weighted by atomic mass is 16.6. The number of carboxylic acids is 1. The predicted octanol–water partition coefficient (Wildman–Crippen LogP) is 9.96. The molecule has 49 heavy (non-hydrogen) atoms. The standard InChI is InChI=1S/C40H75NO8/c1-4-6-8-10-12-14-16-18-20-22-24-26-28-30-38(44)47-34-36(49-40(46)33-41(3)32-37(42)43)35-48-39(45)31-29-27-25-23-21-19-17-15-13-11-9-7-5-2/h36H,4-35H2,1-3H3,(H,42,43). The van der Waals surface area contributed by atoms with E-state index >= 15 is 0 Å². The van der Waals surface area contributed by atoms with Crippen LogP contribution < -0.4 is 0 Å². The summed E-state index contributed by atoms with van der Waals surface area (Å²) in [6.45, 7) is 3.51. The summed E-state index contributed by atoms with van der Waals surface area (Å²) in [6, 6.07) is 0. The van der Waals surface area contributed by atoms with Crippen molar-refractivity contribution in [1.29, 1.82) is 0 Å². The number of hydrogen-bond acceptors (Lipinski definition) is 8. The van der Waals surface area contributed by atoms with Gasteiger partial charge in [-0.1, -0.05) is 168 Å².